The van der Waals surface area contributed by atoms with E-state index in [2.05, 4.69) is 34.2 Å². The highest BCUT2D eigenvalue weighted by Crippen LogP contribution is 2.45. The van der Waals surface area contributed by atoms with E-state index in [-0.39, 0.29) is 23.6 Å². The summed E-state index contributed by atoms with van der Waals surface area (Å²) in [6.45, 7) is 0.515. The molecule has 4 aromatic rings. The summed E-state index contributed by atoms with van der Waals surface area (Å²) in [6.07, 6.45) is 6.69. The number of thiazole rings is 1. The van der Waals surface area contributed by atoms with Crippen LogP contribution in [0.2, 0.25) is 0 Å². The first kappa shape index (κ1) is 21.9. The number of anilines is 1. The lowest BCUT2D eigenvalue weighted by atomic mass is 9.89. The van der Waals surface area contributed by atoms with E-state index in [1.165, 1.54) is 24.0 Å². The van der Waals surface area contributed by atoms with Crippen molar-refractivity contribution in [2.45, 2.75) is 30.7 Å². The van der Waals surface area contributed by atoms with Crippen LogP contribution in [0.5, 0.6) is 0 Å². The minimum Gasteiger partial charge on any atom is -0.469 e. The summed E-state index contributed by atoms with van der Waals surface area (Å²) in [5.74, 6) is -0.584. The maximum atomic E-state index is 15.3. The molecule has 0 bridgehead atoms. The number of nitrogens with zero attached hydrogens (tertiary/aromatic N) is 3. The average Bonchev–Trinajstić information content (AvgIpc) is 3.82. The summed E-state index contributed by atoms with van der Waals surface area (Å²) >= 11 is 1.40. The van der Waals surface area contributed by atoms with E-state index in [1.54, 1.807) is 12.1 Å². The van der Waals surface area contributed by atoms with E-state index in [0.717, 1.165) is 34.6 Å². The first-order valence-electron chi connectivity index (χ1n) is 11.7. The normalized spacial score (nSPS) is 15.8. The van der Waals surface area contributed by atoms with Crippen molar-refractivity contribution in [2.24, 2.45) is 0 Å². The number of pyridine rings is 1. The van der Waals surface area contributed by atoms with Gasteiger partial charge in [0, 0.05) is 23.8 Å². The van der Waals surface area contributed by atoms with Gasteiger partial charge in [-0.2, -0.15) is 0 Å². The van der Waals surface area contributed by atoms with Crippen molar-refractivity contribution in [2.75, 3.05) is 18.6 Å². The molecule has 0 spiro atoms. The van der Waals surface area contributed by atoms with Gasteiger partial charge in [-0.1, -0.05) is 53.8 Å². The molecule has 2 aliphatic carbocycles. The number of fused-ring (bicyclic) bond motifs is 1. The average molecular weight is 486 g/mol. The van der Waals surface area contributed by atoms with Gasteiger partial charge in [-0.15, -0.1) is 0 Å². The summed E-state index contributed by atoms with van der Waals surface area (Å²) in [5.41, 5.74) is 3.88. The molecule has 7 heteroatoms. The molecular formula is C28H24FN3O2S. The number of ether oxygens (including phenoxy) is 1. The van der Waals surface area contributed by atoms with E-state index in [4.69, 9.17) is 9.72 Å². The fraction of sp³-hybridized carbons (Fsp3) is 0.250. The van der Waals surface area contributed by atoms with Gasteiger partial charge in [-0.05, 0) is 48.7 Å². The number of benzene rings is 2. The van der Waals surface area contributed by atoms with Gasteiger partial charge in [0.05, 0.1) is 24.6 Å². The second kappa shape index (κ2) is 8.57. The topological polar surface area (TPSA) is 55.3 Å². The number of allylic oxidation sites excluding steroid dienone is 2. The van der Waals surface area contributed by atoms with Crippen LogP contribution in [-0.4, -0.2) is 35.6 Å². The van der Waals surface area contributed by atoms with E-state index in [1.807, 2.05) is 36.4 Å². The fourth-order valence-electron chi connectivity index (χ4n) is 4.55. The maximum Gasteiger partial charge on any atom is 0.307 e. The van der Waals surface area contributed by atoms with Gasteiger partial charge in [0.25, 0.3) is 0 Å². The Balaban J connectivity index is 1.28. The second-order valence-corrected chi connectivity index (χ2v) is 10.0. The number of carbonyl (C=O) groups is 1. The van der Waals surface area contributed by atoms with Crippen LogP contribution in [0.25, 0.3) is 20.9 Å². The van der Waals surface area contributed by atoms with Crippen LogP contribution in [0.4, 0.5) is 10.1 Å². The lowest BCUT2D eigenvalue weighted by molar-refractivity contribution is -0.140. The summed E-state index contributed by atoms with van der Waals surface area (Å²) < 4.78 is 20.1. The molecule has 6 rings (SSSR count). The van der Waals surface area contributed by atoms with Crippen LogP contribution in [0, 0.1) is 5.82 Å². The van der Waals surface area contributed by atoms with Crippen molar-refractivity contribution in [1.82, 2.24) is 9.97 Å². The fourth-order valence-corrected chi connectivity index (χ4v) is 5.51. The Morgan fingerprint density at radius 3 is 2.60 bits per heavy atom. The third-order valence-corrected chi connectivity index (χ3v) is 7.72. The number of carbonyl (C=O) groups excluding carboxylic acids is 1. The molecule has 0 atom stereocenters. The lowest BCUT2D eigenvalue weighted by Gasteiger charge is -2.24. The number of aromatic nitrogens is 2. The molecule has 2 heterocycles. The lowest BCUT2D eigenvalue weighted by Crippen LogP contribution is -2.28. The number of hydrogen-bond acceptors (Lipinski definition) is 6. The minimum absolute atomic E-state index is 0.260. The van der Waals surface area contributed by atoms with Gasteiger partial charge in [0.15, 0.2) is 0 Å². The zero-order chi connectivity index (χ0) is 24.0. The van der Waals surface area contributed by atoms with Gasteiger partial charge in [-0.25, -0.2) is 14.4 Å². The van der Waals surface area contributed by atoms with Gasteiger partial charge in [0.1, 0.15) is 21.2 Å². The minimum atomic E-state index is -0.324. The molecule has 0 amide bonds. The SMILES string of the molecule is COC(=O)CCN(c1ccc(-c2nc3ccc(C4(c5ccccc5)C=C4)nc3s2)c(F)c1)C1CC1. The quantitative estimate of drug-likeness (QED) is 0.230. The first-order chi connectivity index (χ1) is 17.1. The number of rotatable bonds is 8. The van der Waals surface area contributed by atoms with Crippen molar-refractivity contribution < 1.29 is 13.9 Å². The highest BCUT2D eigenvalue weighted by molar-refractivity contribution is 7.21. The predicted octanol–water partition coefficient (Wildman–Crippen LogP) is 5.89. The smallest absolute Gasteiger partial charge is 0.307 e. The Hall–Kier alpha value is -3.58. The van der Waals surface area contributed by atoms with Crippen LogP contribution >= 0.6 is 11.3 Å². The Bertz CT molecular complexity index is 1440. The molecule has 2 aromatic heterocycles. The molecule has 2 aromatic carbocycles. The molecule has 2 aliphatic rings. The van der Waals surface area contributed by atoms with Crippen molar-refractivity contribution in [3.05, 3.63) is 89.9 Å². The van der Waals surface area contributed by atoms with Crippen molar-refractivity contribution in [1.29, 1.82) is 0 Å². The molecule has 1 fully saturated rings. The molecule has 1 saturated carbocycles. The van der Waals surface area contributed by atoms with Gasteiger partial charge < -0.3 is 9.64 Å². The van der Waals surface area contributed by atoms with Gasteiger partial charge in [-0.3, -0.25) is 4.79 Å². The third kappa shape index (κ3) is 4.10. The van der Waals surface area contributed by atoms with Crippen LogP contribution in [-0.2, 0) is 14.9 Å². The van der Waals surface area contributed by atoms with E-state index in [0.29, 0.717) is 23.2 Å². The monoisotopic (exact) mass is 485 g/mol. The van der Waals surface area contributed by atoms with Crippen LogP contribution < -0.4 is 4.90 Å². The molecule has 176 valence electrons. The number of hydrogen-bond donors (Lipinski definition) is 0. The molecule has 35 heavy (non-hydrogen) atoms. The standard InChI is InChI=1S/C28H24FN3O2S/c1-34-25(33)13-16-32(19-7-8-19)20-9-10-21(22(29)17-20)26-30-23-11-12-24(31-27(23)35-26)28(14-15-28)18-5-3-2-4-6-18/h2-6,9-12,14-15,17,19H,7-8,13,16H2,1H3. The highest BCUT2D eigenvalue weighted by Gasteiger charge is 2.39. The molecule has 0 N–H and O–H groups in total. The second-order valence-electron chi connectivity index (χ2n) is 9.02. The summed E-state index contributed by atoms with van der Waals surface area (Å²) in [7, 11) is 1.39. The van der Waals surface area contributed by atoms with Crippen LogP contribution in [0.3, 0.4) is 0 Å². The van der Waals surface area contributed by atoms with Crippen LogP contribution in [0.1, 0.15) is 30.5 Å². The number of esters is 1. The van der Waals surface area contributed by atoms with Crippen LogP contribution in [0.15, 0.2) is 72.8 Å². The summed E-state index contributed by atoms with van der Waals surface area (Å²) in [6, 6.07) is 19.9. The highest BCUT2D eigenvalue weighted by atomic mass is 32.1. The Labute approximate surface area is 206 Å². The Morgan fingerprint density at radius 1 is 1.11 bits per heavy atom. The zero-order valence-corrected chi connectivity index (χ0v) is 20.1. The molecule has 0 saturated heterocycles. The van der Waals surface area contributed by atoms with Crippen molar-refractivity contribution in [3.8, 4) is 10.6 Å². The summed E-state index contributed by atoms with van der Waals surface area (Å²) in [4.78, 5) is 24.1. The molecule has 0 aliphatic heterocycles. The van der Waals surface area contributed by atoms with E-state index in [9.17, 15) is 4.79 Å². The van der Waals surface area contributed by atoms with E-state index < -0.39 is 0 Å². The van der Waals surface area contributed by atoms with Crippen molar-refractivity contribution in [3.63, 3.8) is 0 Å². The largest absolute Gasteiger partial charge is 0.469 e. The zero-order valence-electron chi connectivity index (χ0n) is 19.3. The molecule has 0 unspecified atom stereocenters. The molecule has 5 nitrogen and oxygen atoms in total. The maximum absolute atomic E-state index is 15.3. The van der Waals surface area contributed by atoms with Crippen molar-refractivity contribution >= 4 is 33.3 Å². The first-order valence-corrected chi connectivity index (χ1v) is 12.6. The molecule has 0 radical (unpaired) electrons. The van der Waals surface area contributed by atoms with Gasteiger partial charge >= 0.3 is 5.97 Å². The third-order valence-electron chi connectivity index (χ3n) is 6.72. The predicted molar refractivity (Wildman–Crippen MR) is 136 cm³/mol. The molecular weight excluding hydrogens is 461 g/mol. The Morgan fingerprint density at radius 2 is 1.91 bits per heavy atom. The van der Waals surface area contributed by atoms with E-state index >= 15 is 4.39 Å². The Kier molecular flexibility index (Phi) is 5.37. The summed E-state index contributed by atoms with van der Waals surface area (Å²) in [5, 5.41) is 0.610. The number of halogens is 1. The van der Waals surface area contributed by atoms with Gasteiger partial charge in [0.2, 0.25) is 0 Å². The number of methoxy groups -OCH3 is 1.